The maximum absolute atomic E-state index is 6.11. The fourth-order valence-electron chi connectivity index (χ4n) is 1.96. The lowest BCUT2D eigenvalue weighted by Gasteiger charge is -2.12. The van der Waals surface area contributed by atoms with Gasteiger partial charge in [-0.1, -0.05) is 29.8 Å². The second-order valence-corrected chi connectivity index (χ2v) is 4.98. The minimum absolute atomic E-state index is 0.641. The molecule has 0 amide bonds. The topological polar surface area (TPSA) is 21.3 Å². The van der Waals surface area contributed by atoms with Crippen molar-refractivity contribution in [2.75, 3.05) is 12.4 Å². The van der Waals surface area contributed by atoms with Crippen LogP contribution in [0, 0.1) is 13.8 Å². The van der Waals surface area contributed by atoms with Crippen LogP contribution in [0.3, 0.4) is 0 Å². The Morgan fingerprint density at radius 1 is 1.16 bits per heavy atom. The number of halogens is 1. The van der Waals surface area contributed by atoms with E-state index in [0.29, 0.717) is 10.8 Å². The maximum atomic E-state index is 6.11. The highest BCUT2D eigenvalue weighted by molar-refractivity contribution is 6.32. The molecule has 0 fully saturated rings. The summed E-state index contributed by atoms with van der Waals surface area (Å²) in [6, 6.07) is 12.1. The van der Waals surface area contributed by atoms with Gasteiger partial charge in [0.15, 0.2) is 0 Å². The van der Waals surface area contributed by atoms with Crippen molar-refractivity contribution >= 4 is 17.3 Å². The molecule has 2 aromatic rings. The van der Waals surface area contributed by atoms with E-state index < -0.39 is 0 Å². The molecule has 0 aliphatic heterocycles. The smallest absolute Gasteiger partial charge is 0.137 e. The Hall–Kier alpha value is -1.67. The molecule has 2 aromatic carbocycles. The molecule has 2 rings (SSSR count). The van der Waals surface area contributed by atoms with Gasteiger partial charge < -0.3 is 10.1 Å². The van der Waals surface area contributed by atoms with E-state index in [9.17, 15) is 0 Å². The van der Waals surface area contributed by atoms with E-state index in [0.717, 1.165) is 17.8 Å². The van der Waals surface area contributed by atoms with Gasteiger partial charge in [-0.15, -0.1) is 0 Å². The van der Waals surface area contributed by atoms with Crippen LogP contribution in [0.4, 0.5) is 5.69 Å². The van der Waals surface area contributed by atoms with Gasteiger partial charge in [0.2, 0.25) is 0 Å². The van der Waals surface area contributed by atoms with E-state index in [1.807, 2.05) is 18.2 Å². The molecule has 0 bridgehead atoms. The fourth-order valence-corrected chi connectivity index (χ4v) is 2.24. The number of hydrogen-bond acceptors (Lipinski definition) is 2. The van der Waals surface area contributed by atoms with E-state index in [1.165, 1.54) is 11.1 Å². The average Bonchev–Trinajstić information content (AvgIpc) is 2.40. The predicted molar refractivity (Wildman–Crippen MR) is 81.2 cm³/mol. The molecule has 0 atom stereocenters. The monoisotopic (exact) mass is 275 g/mol. The molecule has 0 aliphatic carbocycles. The van der Waals surface area contributed by atoms with Crippen LogP contribution in [0.1, 0.15) is 16.7 Å². The molecule has 0 unspecified atom stereocenters. The molecule has 0 saturated carbocycles. The highest BCUT2D eigenvalue weighted by atomic mass is 35.5. The molecule has 0 spiro atoms. The summed E-state index contributed by atoms with van der Waals surface area (Å²) < 4.78 is 5.15. The normalized spacial score (nSPS) is 10.3. The van der Waals surface area contributed by atoms with E-state index in [-0.39, 0.29) is 0 Å². The second kappa shape index (κ2) is 5.98. The Labute approximate surface area is 119 Å². The molecule has 3 heteroatoms. The van der Waals surface area contributed by atoms with Crippen LogP contribution in [0.2, 0.25) is 5.02 Å². The molecular formula is C16H18ClNO. The first kappa shape index (κ1) is 13.8. The SMILES string of the molecule is COc1ccc(CNc2cccc(C)c2C)cc1Cl. The van der Waals surface area contributed by atoms with Crippen molar-refractivity contribution in [1.82, 2.24) is 0 Å². The van der Waals surface area contributed by atoms with Gasteiger partial charge in [0, 0.05) is 12.2 Å². The zero-order valence-corrected chi connectivity index (χ0v) is 12.2. The lowest BCUT2D eigenvalue weighted by Crippen LogP contribution is -2.02. The first-order valence-electron chi connectivity index (χ1n) is 6.24. The van der Waals surface area contributed by atoms with Crippen LogP contribution in [-0.4, -0.2) is 7.11 Å². The van der Waals surface area contributed by atoms with Gasteiger partial charge in [-0.25, -0.2) is 0 Å². The van der Waals surface area contributed by atoms with Gasteiger partial charge in [0.25, 0.3) is 0 Å². The molecule has 100 valence electrons. The molecule has 0 saturated heterocycles. The number of benzene rings is 2. The summed E-state index contributed by atoms with van der Waals surface area (Å²) in [7, 11) is 1.62. The summed E-state index contributed by atoms with van der Waals surface area (Å²) in [5.41, 5.74) is 4.86. The van der Waals surface area contributed by atoms with E-state index in [2.05, 4.69) is 37.4 Å². The third-order valence-corrected chi connectivity index (χ3v) is 3.60. The first-order valence-corrected chi connectivity index (χ1v) is 6.62. The van der Waals surface area contributed by atoms with Crippen molar-refractivity contribution < 1.29 is 4.74 Å². The summed E-state index contributed by atoms with van der Waals surface area (Å²) in [6.45, 7) is 4.98. The largest absolute Gasteiger partial charge is 0.495 e. The van der Waals surface area contributed by atoms with E-state index >= 15 is 0 Å². The van der Waals surface area contributed by atoms with Crippen molar-refractivity contribution in [2.24, 2.45) is 0 Å². The number of ether oxygens (including phenoxy) is 1. The van der Waals surface area contributed by atoms with Crippen molar-refractivity contribution in [3.05, 3.63) is 58.1 Å². The predicted octanol–water partition coefficient (Wildman–Crippen LogP) is 4.58. The third-order valence-electron chi connectivity index (χ3n) is 3.30. The number of nitrogens with one attached hydrogen (secondary N) is 1. The molecule has 0 aromatic heterocycles. The average molecular weight is 276 g/mol. The number of rotatable bonds is 4. The van der Waals surface area contributed by atoms with Crippen molar-refractivity contribution in [3.8, 4) is 5.75 Å². The lowest BCUT2D eigenvalue weighted by atomic mass is 10.1. The van der Waals surface area contributed by atoms with Gasteiger partial charge in [-0.2, -0.15) is 0 Å². The number of aryl methyl sites for hydroxylation is 1. The van der Waals surface area contributed by atoms with E-state index in [1.54, 1.807) is 7.11 Å². The van der Waals surface area contributed by atoms with Gasteiger partial charge in [-0.05, 0) is 48.7 Å². The Bertz CT molecular complexity index is 581. The second-order valence-electron chi connectivity index (χ2n) is 4.57. The van der Waals surface area contributed by atoms with Crippen LogP contribution in [0.25, 0.3) is 0 Å². The van der Waals surface area contributed by atoms with Gasteiger partial charge >= 0.3 is 0 Å². The summed E-state index contributed by atoms with van der Waals surface area (Å²) >= 11 is 6.11. The quantitative estimate of drug-likeness (QED) is 0.882. The Balaban J connectivity index is 2.10. The van der Waals surface area contributed by atoms with Crippen LogP contribution in [0.5, 0.6) is 5.75 Å². The standard InChI is InChI=1S/C16H18ClNO/c1-11-5-4-6-15(12(11)2)18-10-13-7-8-16(19-3)14(17)9-13/h4-9,18H,10H2,1-3H3. The zero-order chi connectivity index (χ0) is 13.8. The number of methoxy groups -OCH3 is 1. The summed E-state index contributed by atoms with van der Waals surface area (Å²) in [5, 5.41) is 4.08. The highest BCUT2D eigenvalue weighted by Gasteiger charge is 2.03. The van der Waals surface area contributed by atoms with Crippen LogP contribution in [-0.2, 0) is 6.54 Å². The van der Waals surface area contributed by atoms with Gasteiger partial charge in [0.1, 0.15) is 5.75 Å². The van der Waals surface area contributed by atoms with Gasteiger partial charge in [0.05, 0.1) is 12.1 Å². The minimum atomic E-state index is 0.641. The van der Waals surface area contributed by atoms with Crippen LogP contribution in [0.15, 0.2) is 36.4 Å². The molecule has 0 aliphatic rings. The number of anilines is 1. The molecule has 0 radical (unpaired) electrons. The minimum Gasteiger partial charge on any atom is -0.495 e. The Morgan fingerprint density at radius 3 is 2.63 bits per heavy atom. The Kier molecular flexibility index (Phi) is 4.33. The molecular weight excluding hydrogens is 258 g/mol. The van der Waals surface area contributed by atoms with Crippen molar-refractivity contribution in [1.29, 1.82) is 0 Å². The molecule has 1 N–H and O–H groups in total. The molecule has 0 heterocycles. The molecule has 19 heavy (non-hydrogen) atoms. The summed E-state index contributed by atoms with van der Waals surface area (Å²) in [5.74, 6) is 0.706. The number of hydrogen-bond donors (Lipinski definition) is 1. The fraction of sp³-hybridized carbons (Fsp3) is 0.250. The zero-order valence-electron chi connectivity index (χ0n) is 11.5. The summed E-state index contributed by atoms with van der Waals surface area (Å²) in [4.78, 5) is 0. The van der Waals surface area contributed by atoms with Crippen molar-refractivity contribution in [3.63, 3.8) is 0 Å². The summed E-state index contributed by atoms with van der Waals surface area (Å²) in [6.07, 6.45) is 0. The lowest BCUT2D eigenvalue weighted by molar-refractivity contribution is 0.415. The van der Waals surface area contributed by atoms with Crippen molar-refractivity contribution in [2.45, 2.75) is 20.4 Å². The third kappa shape index (κ3) is 3.21. The van der Waals surface area contributed by atoms with Gasteiger partial charge in [-0.3, -0.25) is 0 Å². The Morgan fingerprint density at radius 2 is 1.95 bits per heavy atom. The highest BCUT2D eigenvalue weighted by Crippen LogP contribution is 2.25. The molecule has 2 nitrogen and oxygen atoms in total. The first-order chi connectivity index (χ1) is 9.11. The van der Waals surface area contributed by atoms with Crippen LogP contribution >= 0.6 is 11.6 Å². The van der Waals surface area contributed by atoms with Crippen LogP contribution < -0.4 is 10.1 Å². The van der Waals surface area contributed by atoms with E-state index in [4.69, 9.17) is 16.3 Å². The maximum Gasteiger partial charge on any atom is 0.137 e.